The van der Waals surface area contributed by atoms with Crippen LogP contribution in [-0.4, -0.2) is 13.3 Å². The third-order valence-electron chi connectivity index (χ3n) is 19.7. The first-order chi connectivity index (χ1) is 47.3. The second kappa shape index (κ2) is 24.7. The van der Waals surface area contributed by atoms with Gasteiger partial charge in [-0.25, -0.2) is 6.57 Å². The van der Waals surface area contributed by atoms with Gasteiger partial charge in [-0.15, -0.1) is 0 Å². The summed E-state index contributed by atoms with van der Waals surface area (Å²) in [4.78, 5) is 6.72. The van der Waals surface area contributed by atoms with Crippen LogP contribution in [0.2, 0.25) is 0 Å². The van der Waals surface area contributed by atoms with Crippen LogP contribution in [0, 0.1) is 6.57 Å². The van der Waals surface area contributed by atoms with Gasteiger partial charge in [0.25, 0.3) is 6.04 Å². The molecule has 5 nitrogen and oxygen atoms in total. The maximum atomic E-state index is 8.76. The van der Waals surface area contributed by atoms with E-state index in [1.54, 1.807) is 0 Å². The molecule has 2 heterocycles. The zero-order valence-electron chi connectivity index (χ0n) is 55.2. The van der Waals surface area contributed by atoms with E-state index < -0.39 is 6.04 Å². The molecule has 0 bridgehead atoms. The molecule has 1 atom stereocenters. The Kier molecular flexibility index (Phi) is 15.4. The van der Waals surface area contributed by atoms with Crippen molar-refractivity contribution < 1.29 is 0 Å². The van der Waals surface area contributed by atoms with E-state index in [0.717, 1.165) is 100 Å². The molecule has 0 radical (unpaired) electrons. The number of hydrogen-bond donors (Lipinski definition) is 0. The van der Waals surface area contributed by atoms with E-state index in [2.05, 4.69) is 365 Å². The summed E-state index contributed by atoms with van der Waals surface area (Å²) in [5.41, 5.74) is 25.2. The van der Waals surface area contributed by atoms with E-state index in [4.69, 9.17) is 15.3 Å². The van der Waals surface area contributed by atoms with E-state index in [1.165, 1.54) is 72.0 Å². The first-order valence-corrected chi connectivity index (χ1v) is 34.2. The fourth-order valence-electron chi connectivity index (χ4n) is 14.6. The van der Waals surface area contributed by atoms with Gasteiger partial charge in [-0.3, -0.25) is 0 Å². The lowest BCUT2D eigenvalue weighted by Crippen LogP contribution is -2.14. The van der Waals surface area contributed by atoms with Crippen molar-refractivity contribution in [2.45, 2.75) is 64.3 Å². The lowest BCUT2D eigenvalue weighted by atomic mass is 9.79. The van der Waals surface area contributed by atoms with E-state index in [1.807, 2.05) is 0 Å². The van der Waals surface area contributed by atoms with Crippen molar-refractivity contribution in [3.05, 3.63) is 349 Å². The summed E-state index contributed by atoms with van der Waals surface area (Å²) in [5.74, 6) is -0.155. The molecule has 16 aromatic rings. The highest BCUT2D eigenvalue weighted by Crippen LogP contribution is 2.48. The molecule has 6 heteroatoms. The number of para-hydroxylation sites is 1. The summed E-state index contributed by atoms with van der Waals surface area (Å²) in [6.07, 6.45) is 0. The Labute approximate surface area is 572 Å². The van der Waals surface area contributed by atoms with Crippen LogP contribution < -0.4 is 4.90 Å². The van der Waals surface area contributed by atoms with Crippen molar-refractivity contribution in [1.29, 1.82) is 0 Å². The van der Waals surface area contributed by atoms with Crippen LogP contribution in [0.3, 0.4) is 0 Å². The lowest BCUT2D eigenvalue weighted by molar-refractivity contribution is 0.588. The first kappa shape index (κ1) is 60.5. The summed E-state index contributed by atoms with van der Waals surface area (Å²) in [7, 11) is 0. The highest BCUT2D eigenvalue weighted by molar-refractivity contribution is 7.00. The number of hydrogen-bond acceptors (Lipinski definition) is 4. The molecule has 0 aliphatic heterocycles. The lowest BCUT2D eigenvalue weighted by Gasteiger charge is -2.26. The minimum absolute atomic E-state index is 0.0197. The number of benzene rings is 14. The van der Waals surface area contributed by atoms with Crippen LogP contribution >= 0.6 is 11.7 Å². The summed E-state index contributed by atoms with van der Waals surface area (Å²) < 4.78 is 12.7. The van der Waals surface area contributed by atoms with Crippen LogP contribution in [0.4, 0.5) is 17.1 Å². The van der Waals surface area contributed by atoms with Gasteiger partial charge in [0.15, 0.2) is 0 Å². The van der Waals surface area contributed by atoms with E-state index >= 15 is 0 Å². The summed E-state index contributed by atoms with van der Waals surface area (Å²) in [5, 5.41) is 7.23. The number of fused-ring (bicyclic) bond motifs is 6. The van der Waals surface area contributed by atoms with Crippen LogP contribution in [0.15, 0.2) is 309 Å². The third-order valence-corrected chi connectivity index (χ3v) is 20.2. The normalized spacial score (nSPS) is 12.3. The zero-order valence-corrected chi connectivity index (χ0v) is 56.1. The predicted octanol–water partition coefficient (Wildman–Crippen LogP) is 25.3. The van der Waals surface area contributed by atoms with E-state index in [9.17, 15) is 0 Å². The number of nitrogens with zero attached hydrogens (tertiary/aromatic N) is 5. The molecule has 466 valence electrons. The molecule has 0 spiro atoms. The van der Waals surface area contributed by atoms with Gasteiger partial charge in [0.05, 0.1) is 34.4 Å². The molecule has 0 N–H and O–H groups in total. The van der Waals surface area contributed by atoms with Gasteiger partial charge in [0.1, 0.15) is 11.0 Å². The molecule has 97 heavy (non-hydrogen) atoms. The molecular formula is C91H71N5S. The molecule has 0 aliphatic carbocycles. The van der Waals surface area contributed by atoms with Crippen molar-refractivity contribution >= 4 is 83.2 Å². The summed E-state index contributed by atoms with van der Waals surface area (Å²) in [6.45, 7) is 22.2. The first-order valence-electron chi connectivity index (χ1n) is 33.5. The molecule has 16 rings (SSSR count). The zero-order chi connectivity index (χ0) is 65.9. The van der Waals surface area contributed by atoms with Crippen molar-refractivity contribution in [3.8, 4) is 61.3 Å². The van der Waals surface area contributed by atoms with Crippen LogP contribution in [0.1, 0.15) is 81.3 Å². The molecule has 1 unspecified atom stereocenters. The summed E-state index contributed by atoms with van der Waals surface area (Å²) in [6, 6.07) is 112. The Morgan fingerprint density at radius 3 is 1.33 bits per heavy atom. The molecule has 0 saturated heterocycles. The average molecular weight is 1270 g/mol. The van der Waals surface area contributed by atoms with Crippen LogP contribution in [0.5, 0.6) is 0 Å². The van der Waals surface area contributed by atoms with Gasteiger partial charge in [0, 0.05) is 39.0 Å². The minimum Gasteiger partial charge on any atom is -0.309 e. The maximum absolute atomic E-state index is 8.76. The van der Waals surface area contributed by atoms with Gasteiger partial charge < -0.3 is 14.3 Å². The summed E-state index contributed by atoms with van der Waals surface area (Å²) >= 11 is 1.25. The third kappa shape index (κ3) is 11.1. The molecular weight excluding hydrogens is 1200 g/mol. The van der Waals surface area contributed by atoms with Crippen molar-refractivity contribution in [1.82, 2.24) is 13.3 Å². The Bertz CT molecular complexity index is 5560. The Morgan fingerprint density at radius 2 is 0.794 bits per heavy atom. The monoisotopic (exact) mass is 1270 g/mol. The van der Waals surface area contributed by atoms with Gasteiger partial charge in [-0.1, -0.05) is 284 Å². The molecule has 0 aliphatic rings. The van der Waals surface area contributed by atoms with Gasteiger partial charge in [0.2, 0.25) is 0 Å². The van der Waals surface area contributed by atoms with E-state index in [-0.39, 0.29) is 16.7 Å². The van der Waals surface area contributed by atoms with Crippen molar-refractivity contribution in [2.75, 3.05) is 4.90 Å². The van der Waals surface area contributed by atoms with E-state index in [0.29, 0.717) is 0 Å². The number of anilines is 3. The molecule has 14 aromatic carbocycles. The largest absolute Gasteiger partial charge is 0.309 e. The van der Waals surface area contributed by atoms with Crippen molar-refractivity contribution in [3.63, 3.8) is 0 Å². The molecule has 0 saturated carbocycles. The van der Waals surface area contributed by atoms with Crippen molar-refractivity contribution in [2.24, 2.45) is 0 Å². The Hall–Kier alpha value is -11.5. The van der Waals surface area contributed by atoms with Crippen LogP contribution in [-0.2, 0) is 10.8 Å². The second-order valence-corrected chi connectivity index (χ2v) is 28.2. The number of rotatable bonds is 13. The highest BCUT2D eigenvalue weighted by atomic mass is 32.1. The average Bonchev–Trinajstić information content (AvgIpc) is 1.69. The van der Waals surface area contributed by atoms with Crippen LogP contribution in [0.25, 0.3) is 121 Å². The standard InChI is InChI=1S/C91H71N5S/c1-90(2,3)69-44-35-65(36-45-69)84(66-37-46-70(47-38-66)91(4,5)6)87(92-7)67-33-31-60(32-34-67)62-41-50-72(51-42-62)95(71-48-39-61(40-49-71)59-21-11-8-12-22-59)83-56-54-74(88-89(83)94-97-93-88)68-43-55-82-79(57-68)75-27-19-20-30-81(75)96(82)73-52-53-78-80(58-73)86(64-25-15-10-16-26-64)77-29-18-17-28-76(77)85(78)63-23-13-9-14-24-63/h8-58,84,87H,1-6H3. The SMILES string of the molecule is [C-]#[N+]C(c1ccc(-c2ccc(N(c3ccc(-c4ccccc4)cc3)c3ccc(-c4ccc5c(c4)c4ccccc4n5-c4ccc5c(-c6ccccc6)c6ccccc6c(-c6ccccc6)c5c4)c4nsnc34)cc2)cc1)C(c1ccc(C(C)(C)C)cc1)c1ccc(C(C)(C)C)cc1. The maximum Gasteiger partial charge on any atom is 0.259 e. The fraction of sp³-hybridized carbons (Fsp3) is 0.110. The Balaban J connectivity index is 0.763. The molecule has 0 fully saturated rings. The smallest absolute Gasteiger partial charge is 0.259 e. The number of aromatic nitrogens is 3. The van der Waals surface area contributed by atoms with Gasteiger partial charge >= 0.3 is 0 Å². The molecule has 0 amide bonds. The fourth-order valence-corrected chi connectivity index (χ4v) is 15.2. The van der Waals surface area contributed by atoms with Gasteiger partial charge in [-0.05, 0) is 171 Å². The topological polar surface area (TPSA) is 38.3 Å². The quantitative estimate of drug-likeness (QED) is 0.0853. The van der Waals surface area contributed by atoms with Gasteiger partial charge in [-0.2, -0.15) is 8.75 Å². The molecule has 2 aromatic heterocycles. The predicted molar refractivity (Wildman–Crippen MR) is 410 cm³/mol. The second-order valence-electron chi connectivity index (χ2n) is 27.6. The highest BCUT2D eigenvalue weighted by Gasteiger charge is 2.33. The Morgan fingerprint density at radius 1 is 0.361 bits per heavy atom. The minimum atomic E-state index is -0.430.